The summed E-state index contributed by atoms with van der Waals surface area (Å²) in [4.78, 5) is 0. The Labute approximate surface area is 71.4 Å². The van der Waals surface area contributed by atoms with Gasteiger partial charge in [-0.15, -0.1) is 0 Å². The molecule has 0 fully saturated rings. The number of hydrogen-bond donors (Lipinski definition) is 1. The van der Waals surface area contributed by atoms with Gasteiger partial charge in [0.2, 0.25) is 0 Å². The number of rotatable bonds is 5. The second-order valence-electron chi connectivity index (χ2n) is 2.80. The Morgan fingerprint density at radius 1 is 1.60 bits per heavy atom. The molecule has 0 rings (SSSR count). The highest BCUT2D eigenvalue weighted by Crippen LogP contribution is 2.21. The molecule has 0 unspecified atom stereocenters. The van der Waals surface area contributed by atoms with Crippen molar-refractivity contribution in [2.45, 2.75) is 31.0 Å². The Balaban J connectivity index is 3.04. The lowest BCUT2D eigenvalue weighted by atomic mass is 10.1. The van der Waals surface area contributed by atoms with E-state index in [4.69, 9.17) is 5.02 Å². The van der Waals surface area contributed by atoms with Crippen molar-refractivity contribution in [3.63, 3.8) is 0 Å². The van der Waals surface area contributed by atoms with Crippen LogP contribution in [0.2, 0.25) is 0 Å². The van der Waals surface area contributed by atoms with Gasteiger partial charge >= 0.3 is 7.69 Å². The summed E-state index contributed by atoms with van der Waals surface area (Å²) < 4.78 is 4.82. The van der Waals surface area contributed by atoms with Gasteiger partial charge in [-0.2, -0.15) is 0 Å². The van der Waals surface area contributed by atoms with Crippen LogP contribution in [-0.4, -0.2) is 23.6 Å². The first-order chi connectivity index (χ1) is 4.56. The average molecular weight is 208 g/mol. The predicted molar refractivity (Wildman–Crippen MR) is 46.2 cm³/mol. The molecule has 1 N–H and O–H groups in total. The van der Waals surface area contributed by atoms with Crippen molar-refractivity contribution in [1.29, 1.82) is 0 Å². The molecule has 0 aliphatic rings. The molecule has 0 amide bonds. The zero-order valence-electron chi connectivity index (χ0n) is 6.43. The van der Waals surface area contributed by atoms with Crippen LogP contribution < -0.4 is 0 Å². The van der Waals surface area contributed by atoms with Gasteiger partial charge in [0, 0.05) is 10.9 Å². The summed E-state index contributed by atoms with van der Waals surface area (Å²) in [6.07, 6.45) is 2.00. The van der Waals surface area contributed by atoms with Crippen LogP contribution >= 0.6 is 15.9 Å². The van der Waals surface area contributed by atoms with E-state index in [1.807, 2.05) is 0 Å². The lowest BCUT2D eigenvalue weighted by Gasteiger charge is -2.14. The van der Waals surface area contributed by atoms with Crippen LogP contribution in [0.5, 0.6) is 0 Å². The molecule has 0 heterocycles. The summed E-state index contributed by atoms with van der Waals surface area (Å²) in [7, 11) is 0.737. The Morgan fingerprint density at radius 3 is 2.60 bits per heavy atom. The fourth-order valence-electron chi connectivity index (χ4n) is 0.629. The third-order valence-electron chi connectivity index (χ3n) is 1.11. The highest BCUT2D eigenvalue weighted by molar-refractivity contribution is 9.10. The fraction of sp³-hybridized carbons (Fsp3) is 1.00. The van der Waals surface area contributed by atoms with Gasteiger partial charge in [0.25, 0.3) is 0 Å². The molecule has 0 atom stereocenters. The average Bonchev–Trinajstić information content (AvgIpc) is 1.78. The molecule has 0 aromatic carbocycles. The molecule has 0 spiro atoms. The molecule has 0 saturated heterocycles. The zero-order chi connectivity index (χ0) is 8.04. The van der Waals surface area contributed by atoms with Crippen molar-refractivity contribution in [3.8, 4) is 0 Å². The lowest BCUT2D eigenvalue weighted by Crippen LogP contribution is -2.10. The second-order valence-corrected chi connectivity index (χ2v) is 4.95. The predicted octanol–water partition coefficient (Wildman–Crippen LogP) is 1.48. The van der Waals surface area contributed by atoms with Crippen LogP contribution in [0.3, 0.4) is 0 Å². The molecule has 0 aromatic rings. The molecule has 59 valence electrons. The molecule has 0 aliphatic carbocycles. The van der Waals surface area contributed by atoms with E-state index < -0.39 is 0 Å². The number of halogens is 1. The summed E-state index contributed by atoms with van der Waals surface area (Å²) in [6.45, 7) is 4.80. The monoisotopic (exact) mass is 207 g/mol. The number of hydrogen-bond acceptors (Lipinski definition) is 2. The zero-order valence-corrected chi connectivity index (χ0v) is 8.02. The van der Waals surface area contributed by atoms with Gasteiger partial charge in [-0.3, -0.25) is 0 Å². The van der Waals surface area contributed by atoms with Gasteiger partial charge < -0.3 is 9.68 Å². The molecule has 0 saturated carbocycles. The molecule has 1 radical (unpaired) electrons. The van der Waals surface area contributed by atoms with Gasteiger partial charge in [0.05, 0.1) is 0 Å². The summed E-state index contributed by atoms with van der Waals surface area (Å²) in [5.74, 6) is 0. The normalized spacial score (nSPS) is 11.6. The van der Waals surface area contributed by atoms with E-state index in [-0.39, 0.29) is 4.32 Å². The van der Waals surface area contributed by atoms with Gasteiger partial charge in [0.15, 0.2) is 0 Å². The maximum absolute atomic E-state index is 8.14. The Kier molecular flexibility index (Phi) is 5.40. The van der Waals surface area contributed by atoms with E-state index in [9.17, 15) is 0 Å². The molecular formula is C6H13BBrO2. The third-order valence-corrected chi connectivity index (χ3v) is 1.50. The summed E-state index contributed by atoms with van der Waals surface area (Å²) >= 11 is 3.50. The van der Waals surface area contributed by atoms with Crippen LogP contribution in [0.25, 0.3) is 0 Å². The van der Waals surface area contributed by atoms with Gasteiger partial charge in [-0.05, 0) is 12.8 Å². The van der Waals surface area contributed by atoms with Gasteiger partial charge in [-0.1, -0.05) is 29.8 Å². The summed E-state index contributed by atoms with van der Waals surface area (Å²) in [5.41, 5.74) is 0. The van der Waals surface area contributed by atoms with Crippen molar-refractivity contribution in [2.75, 3.05) is 6.61 Å². The van der Waals surface area contributed by atoms with Crippen LogP contribution in [-0.2, 0) is 4.65 Å². The van der Waals surface area contributed by atoms with Gasteiger partial charge in [-0.25, -0.2) is 0 Å². The summed E-state index contributed by atoms with van der Waals surface area (Å²) in [6, 6.07) is 0. The third kappa shape index (κ3) is 8.46. The van der Waals surface area contributed by atoms with Gasteiger partial charge in [0.1, 0.15) is 0 Å². The van der Waals surface area contributed by atoms with Crippen molar-refractivity contribution in [1.82, 2.24) is 0 Å². The number of alkyl halides is 1. The SMILES string of the molecule is CC(C)(Br)CCCO[B]O. The van der Waals surface area contributed by atoms with Crippen molar-refractivity contribution >= 4 is 23.6 Å². The van der Waals surface area contributed by atoms with Crippen LogP contribution in [0.4, 0.5) is 0 Å². The molecular weight excluding hydrogens is 195 g/mol. The minimum atomic E-state index is 0.186. The van der Waals surface area contributed by atoms with E-state index in [1.165, 1.54) is 0 Å². The molecule has 10 heavy (non-hydrogen) atoms. The van der Waals surface area contributed by atoms with E-state index in [1.54, 1.807) is 0 Å². The second kappa shape index (κ2) is 5.16. The molecule has 2 nitrogen and oxygen atoms in total. The van der Waals surface area contributed by atoms with Crippen molar-refractivity contribution in [3.05, 3.63) is 0 Å². The molecule has 0 bridgehead atoms. The minimum absolute atomic E-state index is 0.186. The Morgan fingerprint density at radius 2 is 2.20 bits per heavy atom. The highest BCUT2D eigenvalue weighted by atomic mass is 79.9. The highest BCUT2D eigenvalue weighted by Gasteiger charge is 2.10. The van der Waals surface area contributed by atoms with E-state index in [2.05, 4.69) is 34.4 Å². The van der Waals surface area contributed by atoms with Crippen molar-refractivity contribution < 1.29 is 9.68 Å². The summed E-state index contributed by atoms with van der Waals surface area (Å²) in [5, 5.41) is 8.14. The Hall–Kier alpha value is 0.465. The maximum Gasteiger partial charge on any atom is 0.485 e. The topological polar surface area (TPSA) is 29.5 Å². The largest absolute Gasteiger partial charge is 0.485 e. The van der Waals surface area contributed by atoms with E-state index in [0.29, 0.717) is 6.61 Å². The Bertz CT molecular complexity index is 82.3. The van der Waals surface area contributed by atoms with E-state index in [0.717, 1.165) is 20.5 Å². The van der Waals surface area contributed by atoms with Crippen LogP contribution in [0.1, 0.15) is 26.7 Å². The molecule has 0 aliphatic heterocycles. The van der Waals surface area contributed by atoms with Crippen LogP contribution in [0, 0.1) is 0 Å². The van der Waals surface area contributed by atoms with E-state index >= 15 is 0 Å². The quantitative estimate of drug-likeness (QED) is 0.421. The first-order valence-electron chi connectivity index (χ1n) is 3.33. The standard InChI is InChI=1S/C6H13BBrO2/c1-6(2,8)4-3-5-10-7-9/h9H,3-5H2,1-2H3. The molecule has 4 heteroatoms. The molecule has 0 aromatic heterocycles. The lowest BCUT2D eigenvalue weighted by molar-refractivity contribution is 0.273. The minimum Gasteiger partial charge on any atom is -0.429 e. The smallest absolute Gasteiger partial charge is 0.429 e. The first-order valence-corrected chi connectivity index (χ1v) is 4.12. The van der Waals surface area contributed by atoms with Crippen molar-refractivity contribution in [2.24, 2.45) is 0 Å². The first kappa shape index (κ1) is 10.5. The fourth-order valence-corrected chi connectivity index (χ4v) is 0.909. The van der Waals surface area contributed by atoms with Crippen LogP contribution in [0.15, 0.2) is 0 Å². The maximum atomic E-state index is 8.14.